The van der Waals surface area contributed by atoms with Crippen molar-refractivity contribution < 1.29 is 19.1 Å². The van der Waals surface area contributed by atoms with Crippen LogP contribution in [0.3, 0.4) is 0 Å². The first-order chi connectivity index (χ1) is 13.5. The zero-order chi connectivity index (χ0) is 20.3. The number of carbonyl (C=O) groups excluding carboxylic acids is 2. The van der Waals surface area contributed by atoms with Crippen molar-refractivity contribution in [2.45, 2.75) is 32.7 Å². The summed E-state index contributed by atoms with van der Waals surface area (Å²) in [6.07, 6.45) is 1.24. The molecule has 28 heavy (non-hydrogen) atoms. The maximum Gasteiger partial charge on any atom is 0.251 e. The Kier molecular flexibility index (Phi) is 5.87. The molecule has 0 aliphatic carbocycles. The molecule has 0 aromatic heterocycles. The van der Waals surface area contributed by atoms with Crippen molar-refractivity contribution in [2.24, 2.45) is 0 Å². The van der Waals surface area contributed by atoms with E-state index in [0.717, 1.165) is 23.2 Å². The highest BCUT2D eigenvalue weighted by molar-refractivity contribution is 5.98. The van der Waals surface area contributed by atoms with Gasteiger partial charge in [-0.3, -0.25) is 9.59 Å². The van der Waals surface area contributed by atoms with E-state index >= 15 is 0 Å². The first-order valence-corrected chi connectivity index (χ1v) is 9.44. The lowest BCUT2D eigenvalue weighted by Gasteiger charge is -2.19. The number of fused-ring (bicyclic) bond motifs is 1. The topological polar surface area (TPSA) is 67.9 Å². The molecule has 1 aliphatic heterocycles. The summed E-state index contributed by atoms with van der Waals surface area (Å²) in [4.78, 5) is 26.6. The Morgan fingerprint density at radius 3 is 2.61 bits per heavy atom. The van der Waals surface area contributed by atoms with Gasteiger partial charge in [-0.1, -0.05) is 6.92 Å². The van der Waals surface area contributed by atoms with Gasteiger partial charge in [-0.15, -0.1) is 0 Å². The third-order valence-corrected chi connectivity index (χ3v) is 5.09. The van der Waals surface area contributed by atoms with E-state index < -0.39 is 0 Å². The molecular weight excluding hydrogens is 356 g/mol. The van der Waals surface area contributed by atoms with Gasteiger partial charge in [0.05, 0.1) is 20.3 Å². The van der Waals surface area contributed by atoms with Gasteiger partial charge in [-0.25, -0.2) is 0 Å². The van der Waals surface area contributed by atoms with Crippen molar-refractivity contribution >= 4 is 17.5 Å². The fourth-order valence-electron chi connectivity index (χ4n) is 3.53. The number of nitrogens with zero attached hydrogens (tertiary/aromatic N) is 1. The second-order valence-electron chi connectivity index (χ2n) is 6.80. The summed E-state index contributed by atoms with van der Waals surface area (Å²) in [6, 6.07) is 10.8. The Morgan fingerprint density at radius 2 is 1.93 bits per heavy atom. The molecular formula is C22H26N2O4. The molecule has 1 aliphatic rings. The van der Waals surface area contributed by atoms with Crippen LogP contribution in [0.1, 0.15) is 47.8 Å². The summed E-state index contributed by atoms with van der Waals surface area (Å²) >= 11 is 0. The molecule has 3 rings (SSSR count). The highest BCUT2D eigenvalue weighted by Crippen LogP contribution is 2.31. The first kappa shape index (κ1) is 19.7. The van der Waals surface area contributed by atoms with Crippen molar-refractivity contribution in [3.63, 3.8) is 0 Å². The fourth-order valence-corrected chi connectivity index (χ4v) is 3.53. The number of anilines is 1. The van der Waals surface area contributed by atoms with Gasteiger partial charge in [0, 0.05) is 29.8 Å². The van der Waals surface area contributed by atoms with E-state index in [-0.39, 0.29) is 17.9 Å². The van der Waals surface area contributed by atoms with Crippen LogP contribution < -0.4 is 19.7 Å². The average Bonchev–Trinajstić information content (AvgIpc) is 3.15. The third kappa shape index (κ3) is 3.81. The molecule has 0 unspecified atom stereocenters. The van der Waals surface area contributed by atoms with Crippen molar-refractivity contribution in [1.29, 1.82) is 0 Å². The minimum atomic E-state index is -0.260. The lowest BCUT2D eigenvalue weighted by molar-refractivity contribution is -0.118. The van der Waals surface area contributed by atoms with Gasteiger partial charge in [0.25, 0.3) is 5.91 Å². The number of carbonyl (C=O) groups is 2. The highest BCUT2D eigenvalue weighted by atomic mass is 16.5. The molecule has 6 nitrogen and oxygen atoms in total. The van der Waals surface area contributed by atoms with Crippen LogP contribution in [0.2, 0.25) is 0 Å². The Bertz CT molecular complexity index is 894. The van der Waals surface area contributed by atoms with Gasteiger partial charge in [0.1, 0.15) is 11.5 Å². The van der Waals surface area contributed by atoms with Crippen LogP contribution in [0.25, 0.3) is 0 Å². The van der Waals surface area contributed by atoms with Crippen LogP contribution in [0.5, 0.6) is 11.5 Å². The van der Waals surface area contributed by atoms with Gasteiger partial charge in [-0.2, -0.15) is 0 Å². The first-order valence-electron chi connectivity index (χ1n) is 9.44. The molecule has 6 heteroatoms. The van der Waals surface area contributed by atoms with Crippen molar-refractivity contribution in [3.8, 4) is 11.5 Å². The van der Waals surface area contributed by atoms with E-state index in [9.17, 15) is 9.59 Å². The summed E-state index contributed by atoms with van der Waals surface area (Å²) in [6.45, 7) is 4.44. The van der Waals surface area contributed by atoms with Crippen LogP contribution in [0.15, 0.2) is 36.4 Å². The molecule has 2 aromatic rings. The number of hydrogen-bond donors (Lipinski definition) is 1. The van der Waals surface area contributed by atoms with E-state index in [2.05, 4.69) is 5.32 Å². The fraction of sp³-hybridized carbons (Fsp3) is 0.364. The van der Waals surface area contributed by atoms with Crippen LogP contribution >= 0.6 is 0 Å². The summed E-state index contributed by atoms with van der Waals surface area (Å²) in [5.41, 5.74) is 3.36. The highest BCUT2D eigenvalue weighted by Gasteiger charge is 2.25. The zero-order valence-electron chi connectivity index (χ0n) is 16.7. The monoisotopic (exact) mass is 382 g/mol. The summed E-state index contributed by atoms with van der Waals surface area (Å²) < 4.78 is 10.7. The van der Waals surface area contributed by atoms with Crippen LogP contribution in [-0.2, 0) is 11.2 Å². The van der Waals surface area contributed by atoms with Gasteiger partial charge >= 0.3 is 0 Å². The zero-order valence-corrected chi connectivity index (χ0v) is 16.7. The number of nitrogens with one attached hydrogen (secondary N) is 1. The number of benzene rings is 2. The molecule has 0 bridgehead atoms. The molecule has 0 spiro atoms. The Labute approximate surface area is 165 Å². The normalized spacial score (nSPS) is 13.6. The molecule has 1 atom stereocenters. The maximum absolute atomic E-state index is 12.8. The minimum absolute atomic E-state index is 0.106. The third-order valence-electron chi connectivity index (χ3n) is 5.09. The van der Waals surface area contributed by atoms with Crippen LogP contribution in [-0.4, -0.2) is 32.6 Å². The van der Waals surface area contributed by atoms with Gasteiger partial charge in [0.15, 0.2) is 0 Å². The number of rotatable bonds is 6. The predicted molar refractivity (Wildman–Crippen MR) is 108 cm³/mol. The molecule has 2 amide bonds. The van der Waals surface area contributed by atoms with Crippen LogP contribution in [0.4, 0.5) is 5.69 Å². The Hall–Kier alpha value is -3.02. The summed E-state index contributed by atoms with van der Waals surface area (Å²) in [5.74, 6) is 1.33. The number of ether oxygens (including phenoxy) is 2. The summed E-state index contributed by atoms with van der Waals surface area (Å²) in [7, 11) is 3.20. The SMILES string of the molecule is CCC(=O)N1CCc2cc(C(=O)N[C@@H](C)c3cc(OC)ccc3OC)ccc21. The Balaban J connectivity index is 1.78. The number of methoxy groups -OCH3 is 2. The van der Waals surface area contributed by atoms with Crippen molar-refractivity contribution in [2.75, 3.05) is 25.7 Å². The van der Waals surface area contributed by atoms with E-state index in [4.69, 9.17) is 9.47 Å². The molecule has 1 N–H and O–H groups in total. The predicted octanol–water partition coefficient (Wildman–Crippen LogP) is 3.49. The quantitative estimate of drug-likeness (QED) is 0.830. The van der Waals surface area contributed by atoms with E-state index in [1.807, 2.05) is 44.2 Å². The molecule has 2 aromatic carbocycles. The summed E-state index contributed by atoms with van der Waals surface area (Å²) in [5, 5.41) is 3.02. The second kappa shape index (κ2) is 8.33. The van der Waals surface area contributed by atoms with Crippen LogP contribution in [0, 0.1) is 0 Å². The van der Waals surface area contributed by atoms with E-state index in [1.54, 1.807) is 25.2 Å². The second-order valence-corrected chi connectivity index (χ2v) is 6.80. The largest absolute Gasteiger partial charge is 0.497 e. The van der Waals surface area contributed by atoms with E-state index in [0.29, 0.717) is 30.0 Å². The molecule has 1 heterocycles. The molecule has 0 radical (unpaired) electrons. The van der Waals surface area contributed by atoms with Gasteiger partial charge in [-0.05, 0) is 55.3 Å². The average molecular weight is 382 g/mol. The smallest absolute Gasteiger partial charge is 0.251 e. The molecule has 0 saturated heterocycles. The lowest BCUT2D eigenvalue weighted by atomic mass is 10.0. The standard InChI is InChI=1S/C22H26N2O4/c1-5-21(25)24-11-10-15-12-16(6-8-19(15)24)22(26)23-14(2)18-13-17(27-3)7-9-20(18)28-4/h6-9,12-14H,5,10-11H2,1-4H3,(H,23,26)/t14-/m0/s1. The minimum Gasteiger partial charge on any atom is -0.497 e. The van der Waals surface area contributed by atoms with E-state index in [1.165, 1.54) is 0 Å². The number of hydrogen-bond acceptors (Lipinski definition) is 4. The van der Waals surface area contributed by atoms with Gasteiger partial charge < -0.3 is 19.7 Å². The number of amides is 2. The lowest BCUT2D eigenvalue weighted by Crippen LogP contribution is -2.28. The maximum atomic E-state index is 12.8. The van der Waals surface area contributed by atoms with Crippen molar-refractivity contribution in [3.05, 3.63) is 53.1 Å². The van der Waals surface area contributed by atoms with Crippen molar-refractivity contribution in [1.82, 2.24) is 5.32 Å². The van der Waals surface area contributed by atoms with Gasteiger partial charge in [0.2, 0.25) is 5.91 Å². The Morgan fingerprint density at radius 1 is 1.14 bits per heavy atom. The molecule has 0 fully saturated rings. The molecule has 148 valence electrons. The molecule has 0 saturated carbocycles.